The van der Waals surface area contributed by atoms with Gasteiger partial charge in [-0.05, 0) is 12.1 Å². The average molecular weight is 201 g/mol. The number of carboxylic acids is 1. The van der Waals surface area contributed by atoms with Crippen molar-refractivity contribution in [3.63, 3.8) is 0 Å². The summed E-state index contributed by atoms with van der Waals surface area (Å²) >= 11 is 0.587. The second kappa shape index (κ2) is 4.13. The van der Waals surface area contributed by atoms with E-state index in [0.717, 1.165) is 0 Å². The van der Waals surface area contributed by atoms with Crippen LogP contribution in [0.3, 0.4) is 0 Å². The number of para-hydroxylation sites is 1. The number of aliphatic carboxylic acids is 1. The molecule has 1 unspecified atom stereocenters. The second-order valence-electron chi connectivity index (χ2n) is 2.31. The molecule has 0 bridgehead atoms. The molecule has 0 saturated carbocycles. The fourth-order valence-electron chi connectivity index (χ4n) is 0.750. The zero-order valence-electron chi connectivity index (χ0n) is 6.61. The van der Waals surface area contributed by atoms with E-state index in [-0.39, 0.29) is 0 Å². The molecule has 0 aliphatic rings. The molecule has 1 aromatic carbocycles. The van der Waals surface area contributed by atoms with Gasteiger partial charge in [-0.1, -0.05) is 23.9 Å². The third-order valence-electron chi connectivity index (χ3n) is 1.34. The lowest BCUT2D eigenvalue weighted by Gasteiger charge is -2.05. The number of alkyl halides is 1. The first kappa shape index (κ1) is 9.85. The van der Waals surface area contributed by atoms with Gasteiger partial charge in [-0.15, -0.1) is 0 Å². The monoisotopic (exact) mass is 201 g/mol. The van der Waals surface area contributed by atoms with Crippen molar-refractivity contribution in [1.82, 2.24) is 0 Å². The Morgan fingerprint density at radius 3 is 2.69 bits per heavy atom. The smallest absolute Gasteiger partial charge is 0.349 e. The number of hydrogen-bond donors (Lipinski definition) is 2. The summed E-state index contributed by atoms with van der Waals surface area (Å²) in [6.45, 7) is 0. The summed E-state index contributed by atoms with van der Waals surface area (Å²) in [6, 6.07) is 6.55. The SMILES string of the molecule is Nc1ccccc1SC(F)C(=O)O. The Morgan fingerprint density at radius 2 is 2.15 bits per heavy atom. The molecule has 13 heavy (non-hydrogen) atoms. The van der Waals surface area contributed by atoms with E-state index >= 15 is 0 Å². The van der Waals surface area contributed by atoms with E-state index in [9.17, 15) is 9.18 Å². The largest absolute Gasteiger partial charge is 0.478 e. The first-order chi connectivity index (χ1) is 6.11. The second-order valence-corrected chi connectivity index (χ2v) is 3.40. The lowest BCUT2D eigenvalue weighted by Crippen LogP contribution is -2.09. The maximum atomic E-state index is 12.7. The zero-order chi connectivity index (χ0) is 9.84. The lowest BCUT2D eigenvalue weighted by atomic mass is 10.3. The number of halogens is 1. The number of carboxylic acid groups (broad SMARTS) is 1. The Balaban J connectivity index is 2.74. The summed E-state index contributed by atoms with van der Waals surface area (Å²) in [5, 5.41) is 8.30. The van der Waals surface area contributed by atoms with Crippen molar-refractivity contribution in [2.45, 2.75) is 10.4 Å². The van der Waals surface area contributed by atoms with Crippen LogP contribution in [-0.2, 0) is 4.79 Å². The van der Waals surface area contributed by atoms with Crippen LogP contribution in [0.4, 0.5) is 10.1 Å². The van der Waals surface area contributed by atoms with Gasteiger partial charge < -0.3 is 10.8 Å². The summed E-state index contributed by atoms with van der Waals surface area (Å²) in [6.07, 6.45) is 0. The zero-order valence-corrected chi connectivity index (χ0v) is 7.42. The van der Waals surface area contributed by atoms with Crippen LogP contribution in [0, 0.1) is 0 Å². The first-order valence-electron chi connectivity index (χ1n) is 3.49. The van der Waals surface area contributed by atoms with Crippen LogP contribution < -0.4 is 5.73 Å². The van der Waals surface area contributed by atoms with Gasteiger partial charge in [-0.25, -0.2) is 9.18 Å². The molecule has 1 aromatic rings. The molecule has 0 radical (unpaired) electrons. The van der Waals surface area contributed by atoms with E-state index in [1.807, 2.05) is 0 Å². The quantitative estimate of drug-likeness (QED) is 0.577. The van der Waals surface area contributed by atoms with E-state index in [1.54, 1.807) is 24.3 Å². The summed E-state index contributed by atoms with van der Waals surface area (Å²) < 4.78 is 12.7. The van der Waals surface area contributed by atoms with E-state index in [0.29, 0.717) is 22.3 Å². The van der Waals surface area contributed by atoms with Gasteiger partial charge in [0.25, 0.3) is 0 Å². The fourth-order valence-corrected chi connectivity index (χ4v) is 1.43. The summed E-state index contributed by atoms with van der Waals surface area (Å²) in [7, 11) is 0. The molecule has 0 heterocycles. The van der Waals surface area contributed by atoms with Gasteiger partial charge in [0.2, 0.25) is 5.50 Å². The van der Waals surface area contributed by atoms with Crippen LogP contribution in [0.2, 0.25) is 0 Å². The standard InChI is InChI=1S/C8H8FNO2S/c9-7(8(11)12)13-6-4-2-1-3-5(6)10/h1-4,7H,10H2,(H,11,12). The number of nitrogen functional groups attached to an aromatic ring is 1. The molecular formula is C8H8FNO2S. The van der Waals surface area contributed by atoms with Crippen molar-refractivity contribution >= 4 is 23.4 Å². The maximum Gasteiger partial charge on any atom is 0.349 e. The van der Waals surface area contributed by atoms with Crippen LogP contribution in [0.15, 0.2) is 29.2 Å². The number of rotatable bonds is 3. The topological polar surface area (TPSA) is 63.3 Å². The molecule has 0 aromatic heterocycles. The predicted molar refractivity (Wildman–Crippen MR) is 49.2 cm³/mol. The molecule has 5 heteroatoms. The maximum absolute atomic E-state index is 12.7. The molecule has 0 aliphatic heterocycles. The van der Waals surface area contributed by atoms with Crippen molar-refractivity contribution in [3.8, 4) is 0 Å². The minimum atomic E-state index is -1.97. The van der Waals surface area contributed by atoms with Gasteiger partial charge in [-0.3, -0.25) is 0 Å². The molecule has 1 rings (SSSR count). The van der Waals surface area contributed by atoms with Crippen molar-refractivity contribution in [1.29, 1.82) is 0 Å². The highest BCUT2D eigenvalue weighted by Gasteiger charge is 2.17. The summed E-state index contributed by atoms with van der Waals surface area (Å²) in [5.41, 5.74) is 3.91. The number of thioether (sulfide) groups is 1. The van der Waals surface area contributed by atoms with E-state index in [4.69, 9.17) is 10.8 Å². The van der Waals surface area contributed by atoms with Gasteiger partial charge in [0, 0.05) is 10.6 Å². The summed E-state index contributed by atoms with van der Waals surface area (Å²) in [5.74, 6) is -1.49. The Morgan fingerprint density at radius 1 is 1.54 bits per heavy atom. The van der Waals surface area contributed by atoms with E-state index in [1.165, 1.54) is 0 Å². The number of benzene rings is 1. The molecule has 0 amide bonds. The van der Waals surface area contributed by atoms with Gasteiger partial charge in [-0.2, -0.15) is 0 Å². The molecule has 0 aliphatic carbocycles. The normalized spacial score (nSPS) is 12.4. The molecule has 0 spiro atoms. The van der Waals surface area contributed by atoms with Crippen molar-refractivity contribution in [2.24, 2.45) is 0 Å². The molecule has 0 saturated heterocycles. The minimum Gasteiger partial charge on any atom is -0.478 e. The molecule has 1 atom stereocenters. The van der Waals surface area contributed by atoms with Crippen molar-refractivity contribution in [2.75, 3.05) is 5.73 Å². The molecule has 0 fully saturated rings. The van der Waals surface area contributed by atoms with Crippen LogP contribution in [0.25, 0.3) is 0 Å². The van der Waals surface area contributed by atoms with Crippen molar-refractivity contribution in [3.05, 3.63) is 24.3 Å². The van der Waals surface area contributed by atoms with E-state index < -0.39 is 11.5 Å². The van der Waals surface area contributed by atoms with Gasteiger partial charge in [0.1, 0.15) is 0 Å². The molecule has 3 nitrogen and oxygen atoms in total. The average Bonchev–Trinajstić information content (AvgIpc) is 2.08. The molecular weight excluding hydrogens is 193 g/mol. The number of carbonyl (C=O) groups is 1. The highest BCUT2D eigenvalue weighted by molar-refractivity contribution is 8.00. The third kappa shape index (κ3) is 2.62. The number of anilines is 1. The fraction of sp³-hybridized carbons (Fsp3) is 0.125. The predicted octanol–water partition coefficient (Wildman–Crippen LogP) is 1.74. The van der Waals surface area contributed by atoms with Gasteiger partial charge in [0.05, 0.1) is 0 Å². The Hall–Kier alpha value is -1.23. The van der Waals surface area contributed by atoms with Crippen molar-refractivity contribution < 1.29 is 14.3 Å². The molecule has 3 N–H and O–H groups in total. The Bertz CT molecular complexity index is 319. The lowest BCUT2D eigenvalue weighted by molar-refractivity contribution is -0.139. The minimum absolute atomic E-state index is 0.386. The number of nitrogens with two attached hydrogens (primary N) is 1. The van der Waals surface area contributed by atoms with Crippen LogP contribution in [-0.4, -0.2) is 16.6 Å². The highest BCUT2D eigenvalue weighted by Crippen LogP contribution is 2.28. The first-order valence-corrected chi connectivity index (χ1v) is 4.37. The Kier molecular flexibility index (Phi) is 3.13. The highest BCUT2D eigenvalue weighted by atomic mass is 32.2. The molecule has 70 valence electrons. The van der Waals surface area contributed by atoms with Gasteiger partial charge >= 0.3 is 5.97 Å². The van der Waals surface area contributed by atoms with Gasteiger partial charge in [0.15, 0.2) is 0 Å². The summed E-state index contributed by atoms with van der Waals surface area (Å²) in [4.78, 5) is 10.6. The number of hydrogen-bond acceptors (Lipinski definition) is 3. The van der Waals surface area contributed by atoms with Crippen LogP contribution >= 0.6 is 11.8 Å². The third-order valence-corrected chi connectivity index (χ3v) is 2.38. The van der Waals surface area contributed by atoms with E-state index in [2.05, 4.69) is 0 Å². The van der Waals surface area contributed by atoms with Crippen LogP contribution in [0.1, 0.15) is 0 Å². The Labute approximate surface area is 78.7 Å². The van der Waals surface area contributed by atoms with Crippen LogP contribution in [0.5, 0.6) is 0 Å².